The number of nitrogens with one attached hydrogen (secondary N) is 2. The van der Waals surface area contributed by atoms with Crippen LogP contribution in [0.25, 0.3) is 10.9 Å². The fraction of sp³-hybridized carbons (Fsp3) is 0.0435. The molecule has 0 spiro atoms. The highest BCUT2D eigenvalue weighted by atomic mass is 35.5. The van der Waals surface area contributed by atoms with Crippen LogP contribution in [0.5, 0.6) is 0 Å². The second-order valence-corrected chi connectivity index (χ2v) is 9.19. The summed E-state index contributed by atoms with van der Waals surface area (Å²) in [4.78, 5) is 27.2. The molecule has 0 saturated heterocycles. The van der Waals surface area contributed by atoms with Crippen molar-refractivity contribution in [1.82, 2.24) is 4.98 Å². The van der Waals surface area contributed by atoms with Crippen LogP contribution in [0.1, 0.15) is 15.9 Å². The van der Waals surface area contributed by atoms with Gasteiger partial charge in [0.05, 0.1) is 10.5 Å². The van der Waals surface area contributed by atoms with Gasteiger partial charge in [0.1, 0.15) is 12.4 Å². The fourth-order valence-electron chi connectivity index (χ4n) is 3.11. The largest absolute Gasteiger partial charge is 0.457 e. The van der Waals surface area contributed by atoms with Crippen LogP contribution in [-0.4, -0.2) is 19.4 Å². The third-order valence-electron chi connectivity index (χ3n) is 4.72. The molecule has 7 nitrogen and oxygen atoms in total. The molecule has 2 N–H and O–H groups in total. The topological polar surface area (TPSA) is 105 Å². The van der Waals surface area contributed by atoms with Gasteiger partial charge in [0.2, 0.25) is 5.56 Å². The molecule has 0 aliphatic heterocycles. The molecule has 33 heavy (non-hydrogen) atoms. The lowest BCUT2D eigenvalue weighted by Crippen LogP contribution is -2.15. The molecule has 0 fully saturated rings. The lowest BCUT2D eigenvalue weighted by atomic mass is 10.1. The predicted octanol–water partition coefficient (Wildman–Crippen LogP) is 4.48. The molecular weight excluding hydrogens is 471 g/mol. The number of pyridine rings is 1. The van der Waals surface area contributed by atoms with Crippen LogP contribution >= 0.6 is 11.6 Å². The summed E-state index contributed by atoms with van der Waals surface area (Å²) in [5.74, 6) is -1.29. The Balaban J connectivity index is 1.66. The second-order valence-electron chi connectivity index (χ2n) is 7.07. The Morgan fingerprint density at radius 2 is 1.70 bits per heavy atom. The molecule has 1 heterocycles. The van der Waals surface area contributed by atoms with E-state index in [9.17, 15) is 22.4 Å². The van der Waals surface area contributed by atoms with Gasteiger partial charge in [0.15, 0.2) is 0 Å². The van der Waals surface area contributed by atoms with Crippen LogP contribution < -0.4 is 10.3 Å². The van der Waals surface area contributed by atoms with Crippen molar-refractivity contribution >= 4 is 44.2 Å². The summed E-state index contributed by atoms with van der Waals surface area (Å²) in [6, 6.07) is 16.5. The van der Waals surface area contributed by atoms with Crippen molar-refractivity contribution in [2.24, 2.45) is 0 Å². The van der Waals surface area contributed by atoms with E-state index in [4.69, 9.17) is 16.3 Å². The molecule has 168 valence electrons. The van der Waals surface area contributed by atoms with E-state index in [-0.39, 0.29) is 33.7 Å². The summed E-state index contributed by atoms with van der Waals surface area (Å²) < 4.78 is 46.4. The Morgan fingerprint density at radius 3 is 2.39 bits per heavy atom. The van der Waals surface area contributed by atoms with E-state index >= 15 is 0 Å². The number of sulfonamides is 1. The second kappa shape index (κ2) is 9.05. The number of halogens is 2. The van der Waals surface area contributed by atoms with Gasteiger partial charge >= 0.3 is 5.97 Å². The average Bonchev–Trinajstić information content (AvgIpc) is 2.79. The number of H-pyrrole nitrogens is 1. The Labute approximate surface area is 192 Å². The molecule has 0 saturated carbocycles. The number of anilines is 1. The number of aromatic amines is 1. The molecule has 0 radical (unpaired) electrons. The van der Waals surface area contributed by atoms with Crippen molar-refractivity contribution < 1.29 is 22.3 Å². The summed E-state index contributed by atoms with van der Waals surface area (Å²) in [5, 5.41) is 0.728. The summed E-state index contributed by atoms with van der Waals surface area (Å²) >= 11 is 5.85. The maximum Gasteiger partial charge on any atom is 0.339 e. The number of aromatic nitrogens is 1. The number of carbonyl (C=O) groups excluding carboxylic acids is 1. The standard InChI is InChI=1S/C23H16ClFN2O5S/c24-15-3-1-14(2-4-15)13-32-23(29)20-12-22(28)26-21-10-9-18(11-19(20)21)33(30,31)27-17-7-5-16(25)6-8-17/h1-12,27H,13H2,(H,26,28). The van der Waals surface area contributed by atoms with Crippen molar-refractivity contribution in [2.45, 2.75) is 11.5 Å². The maximum absolute atomic E-state index is 13.1. The Bertz CT molecular complexity index is 1500. The zero-order chi connectivity index (χ0) is 23.6. The van der Waals surface area contributed by atoms with Crippen molar-refractivity contribution in [1.29, 1.82) is 0 Å². The predicted molar refractivity (Wildman–Crippen MR) is 122 cm³/mol. The Kier molecular flexibility index (Phi) is 6.17. The number of carbonyl (C=O) groups is 1. The minimum Gasteiger partial charge on any atom is -0.457 e. The highest BCUT2D eigenvalue weighted by Crippen LogP contribution is 2.23. The number of rotatable bonds is 6. The van der Waals surface area contributed by atoms with Crippen molar-refractivity contribution in [3.8, 4) is 0 Å². The quantitative estimate of drug-likeness (QED) is 0.391. The number of ether oxygens (including phenoxy) is 1. The van der Waals surface area contributed by atoms with E-state index < -0.39 is 27.4 Å². The molecule has 0 unspecified atom stereocenters. The van der Waals surface area contributed by atoms with Crippen LogP contribution in [0.2, 0.25) is 5.02 Å². The average molecular weight is 487 g/mol. The number of esters is 1. The van der Waals surface area contributed by atoms with E-state index in [1.54, 1.807) is 24.3 Å². The van der Waals surface area contributed by atoms with Crippen LogP contribution in [0.3, 0.4) is 0 Å². The molecule has 0 bridgehead atoms. The van der Waals surface area contributed by atoms with Gasteiger partial charge in [-0.15, -0.1) is 0 Å². The van der Waals surface area contributed by atoms with E-state index in [2.05, 4.69) is 9.71 Å². The van der Waals surface area contributed by atoms with Gasteiger partial charge in [-0.25, -0.2) is 17.6 Å². The normalized spacial score (nSPS) is 11.3. The first kappa shape index (κ1) is 22.5. The summed E-state index contributed by atoms with van der Waals surface area (Å²) in [6.45, 7) is -0.0611. The minimum atomic E-state index is -4.06. The molecule has 3 aromatic carbocycles. The molecule has 4 aromatic rings. The van der Waals surface area contributed by atoms with Gasteiger partial charge in [-0.3, -0.25) is 9.52 Å². The van der Waals surface area contributed by atoms with Crippen molar-refractivity contribution in [3.63, 3.8) is 0 Å². The molecule has 10 heteroatoms. The smallest absolute Gasteiger partial charge is 0.339 e. The number of hydrogen-bond acceptors (Lipinski definition) is 5. The molecule has 0 aliphatic rings. The minimum absolute atomic E-state index is 0.0611. The molecule has 0 atom stereocenters. The number of fused-ring (bicyclic) bond motifs is 1. The van der Waals surface area contributed by atoms with Gasteiger partial charge in [0.25, 0.3) is 10.0 Å². The molecule has 0 aliphatic carbocycles. The first-order valence-electron chi connectivity index (χ1n) is 9.58. The Hall–Kier alpha value is -3.69. The number of benzene rings is 3. The lowest BCUT2D eigenvalue weighted by Gasteiger charge is -2.11. The van der Waals surface area contributed by atoms with Crippen LogP contribution in [0.15, 0.2) is 82.5 Å². The van der Waals surface area contributed by atoms with Crippen molar-refractivity contribution in [2.75, 3.05) is 4.72 Å². The molecule has 4 rings (SSSR count). The van der Waals surface area contributed by atoms with Gasteiger partial charge in [0, 0.05) is 27.7 Å². The number of hydrogen-bond donors (Lipinski definition) is 2. The first-order valence-corrected chi connectivity index (χ1v) is 11.4. The third-order valence-corrected chi connectivity index (χ3v) is 6.36. The molecule has 0 amide bonds. The third kappa shape index (κ3) is 5.21. The Morgan fingerprint density at radius 1 is 1.00 bits per heavy atom. The monoisotopic (exact) mass is 486 g/mol. The summed E-state index contributed by atoms with van der Waals surface area (Å²) in [7, 11) is -4.06. The lowest BCUT2D eigenvalue weighted by molar-refractivity contribution is 0.0475. The van der Waals surface area contributed by atoms with Gasteiger partial charge in [-0.2, -0.15) is 0 Å². The zero-order valence-electron chi connectivity index (χ0n) is 16.8. The fourth-order valence-corrected chi connectivity index (χ4v) is 4.32. The van der Waals surface area contributed by atoms with Crippen LogP contribution in [0, 0.1) is 5.82 Å². The first-order chi connectivity index (χ1) is 15.7. The molecular formula is C23H16ClFN2O5S. The van der Waals surface area contributed by atoms with Gasteiger partial charge < -0.3 is 9.72 Å². The zero-order valence-corrected chi connectivity index (χ0v) is 18.4. The summed E-state index contributed by atoms with van der Waals surface area (Å²) in [5.41, 5.74) is 0.499. The van der Waals surface area contributed by atoms with Gasteiger partial charge in [-0.05, 0) is 60.2 Å². The van der Waals surface area contributed by atoms with Gasteiger partial charge in [-0.1, -0.05) is 23.7 Å². The SMILES string of the molecule is O=C(OCc1ccc(Cl)cc1)c1cc(=O)[nH]c2ccc(S(=O)(=O)Nc3ccc(F)cc3)cc12. The highest BCUT2D eigenvalue weighted by molar-refractivity contribution is 7.92. The van der Waals surface area contributed by atoms with E-state index in [1.807, 2.05) is 0 Å². The van der Waals surface area contributed by atoms with E-state index in [1.165, 1.54) is 30.3 Å². The van der Waals surface area contributed by atoms with Crippen molar-refractivity contribution in [3.05, 3.63) is 105 Å². The van der Waals surface area contributed by atoms with E-state index in [0.29, 0.717) is 10.6 Å². The highest BCUT2D eigenvalue weighted by Gasteiger charge is 2.19. The van der Waals surface area contributed by atoms with Crippen LogP contribution in [-0.2, 0) is 21.4 Å². The molecule has 1 aromatic heterocycles. The summed E-state index contributed by atoms with van der Waals surface area (Å²) in [6.07, 6.45) is 0. The van der Waals surface area contributed by atoms with Crippen LogP contribution in [0.4, 0.5) is 10.1 Å². The maximum atomic E-state index is 13.1. The van der Waals surface area contributed by atoms with E-state index in [0.717, 1.165) is 18.2 Å².